The lowest BCUT2D eigenvalue weighted by atomic mass is 9.88. The average Bonchev–Trinajstić information content (AvgIpc) is 2.84. The minimum atomic E-state index is 0.242. The molecule has 0 saturated carbocycles. The third-order valence-corrected chi connectivity index (χ3v) is 6.34. The average molecular weight is 295 g/mol. The van der Waals surface area contributed by atoms with Gasteiger partial charge in [-0.2, -0.15) is 0 Å². The predicted molar refractivity (Wildman–Crippen MR) is 89.3 cm³/mol. The fourth-order valence-electron chi connectivity index (χ4n) is 2.96. The van der Waals surface area contributed by atoms with E-state index >= 15 is 0 Å². The molecule has 0 aliphatic carbocycles. The molecular formula is C17H30N2S. The number of rotatable bonds is 3. The Bertz CT molecular complexity index is 432. The second-order valence-electron chi connectivity index (χ2n) is 7.44. The normalized spacial score (nSPS) is 26.7. The van der Waals surface area contributed by atoms with E-state index < -0.39 is 0 Å². The molecule has 20 heavy (non-hydrogen) atoms. The topological polar surface area (TPSA) is 29.3 Å². The summed E-state index contributed by atoms with van der Waals surface area (Å²) in [5, 5.41) is 0. The quantitative estimate of drug-likeness (QED) is 0.912. The predicted octanol–water partition coefficient (Wildman–Crippen LogP) is 4.02. The van der Waals surface area contributed by atoms with Crippen molar-refractivity contribution in [2.75, 3.05) is 19.6 Å². The van der Waals surface area contributed by atoms with Crippen molar-refractivity contribution in [3.63, 3.8) is 0 Å². The van der Waals surface area contributed by atoms with Crippen molar-refractivity contribution in [3.05, 3.63) is 21.9 Å². The van der Waals surface area contributed by atoms with Crippen LogP contribution in [0.15, 0.2) is 12.1 Å². The van der Waals surface area contributed by atoms with Gasteiger partial charge in [0.2, 0.25) is 0 Å². The van der Waals surface area contributed by atoms with Crippen molar-refractivity contribution < 1.29 is 0 Å². The molecule has 1 aliphatic heterocycles. The maximum atomic E-state index is 6.10. The Hall–Kier alpha value is -0.380. The summed E-state index contributed by atoms with van der Waals surface area (Å²) in [6.45, 7) is 14.7. The van der Waals surface area contributed by atoms with E-state index in [1.54, 1.807) is 0 Å². The standard InChI is InChI=1S/C17H30N2S/c1-12-8-9-19(11-13(12)2)14(10-18)15-6-7-16(20-15)17(3,4)5/h6-7,12-14H,8-11,18H2,1-5H3. The van der Waals surface area contributed by atoms with E-state index in [0.29, 0.717) is 6.04 Å². The molecule has 3 heteroatoms. The first kappa shape index (κ1) is 16.0. The number of nitrogens with two attached hydrogens (primary N) is 1. The molecule has 2 N–H and O–H groups in total. The molecule has 1 aromatic heterocycles. The number of piperidine rings is 1. The molecule has 0 bridgehead atoms. The van der Waals surface area contributed by atoms with Crippen LogP contribution >= 0.6 is 11.3 Å². The molecule has 1 aliphatic rings. The summed E-state index contributed by atoms with van der Waals surface area (Å²) in [5.74, 6) is 1.62. The lowest BCUT2D eigenvalue weighted by molar-refractivity contribution is 0.0997. The Balaban J connectivity index is 2.14. The van der Waals surface area contributed by atoms with E-state index in [1.165, 1.54) is 29.3 Å². The molecule has 2 heterocycles. The van der Waals surface area contributed by atoms with Gasteiger partial charge in [-0.05, 0) is 42.3 Å². The molecule has 0 radical (unpaired) electrons. The third-order valence-electron chi connectivity index (χ3n) is 4.72. The summed E-state index contributed by atoms with van der Waals surface area (Å²) in [6, 6.07) is 5.00. The van der Waals surface area contributed by atoms with E-state index in [2.05, 4.69) is 51.7 Å². The molecular weight excluding hydrogens is 264 g/mol. The molecule has 0 amide bonds. The summed E-state index contributed by atoms with van der Waals surface area (Å²) in [4.78, 5) is 5.51. The van der Waals surface area contributed by atoms with Crippen molar-refractivity contribution in [2.45, 2.75) is 52.5 Å². The van der Waals surface area contributed by atoms with Crippen LogP contribution in [0, 0.1) is 11.8 Å². The molecule has 114 valence electrons. The number of likely N-dealkylation sites (tertiary alicyclic amines) is 1. The summed E-state index contributed by atoms with van der Waals surface area (Å²) >= 11 is 1.95. The van der Waals surface area contributed by atoms with Crippen LogP contribution in [0.1, 0.15) is 56.8 Å². The van der Waals surface area contributed by atoms with Crippen LogP contribution in [-0.2, 0) is 5.41 Å². The van der Waals surface area contributed by atoms with Crippen molar-refractivity contribution >= 4 is 11.3 Å². The Morgan fingerprint density at radius 2 is 2.00 bits per heavy atom. The van der Waals surface area contributed by atoms with Crippen LogP contribution in [0.2, 0.25) is 0 Å². The first-order valence-corrected chi connectivity index (χ1v) is 8.69. The molecule has 1 saturated heterocycles. The molecule has 3 unspecified atom stereocenters. The van der Waals surface area contributed by atoms with E-state index in [9.17, 15) is 0 Å². The van der Waals surface area contributed by atoms with E-state index in [-0.39, 0.29) is 5.41 Å². The number of hydrogen-bond acceptors (Lipinski definition) is 3. The van der Waals surface area contributed by atoms with Crippen LogP contribution in [0.5, 0.6) is 0 Å². The van der Waals surface area contributed by atoms with Crippen LogP contribution in [0.25, 0.3) is 0 Å². The lowest BCUT2D eigenvalue weighted by Crippen LogP contribution is -2.42. The summed E-state index contributed by atoms with van der Waals surface area (Å²) < 4.78 is 0. The van der Waals surface area contributed by atoms with Crippen molar-refractivity contribution in [3.8, 4) is 0 Å². The van der Waals surface area contributed by atoms with Gasteiger partial charge < -0.3 is 5.73 Å². The van der Waals surface area contributed by atoms with Gasteiger partial charge in [-0.1, -0.05) is 34.6 Å². The van der Waals surface area contributed by atoms with Crippen LogP contribution in [0.4, 0.5) is 0 Å². The number of thiophene rings is 1. The maximum Gasteiger partial charge on any atom is 0.0564 e. The first-order valence-electron chi connectivity index (χ1n) is 7.87. The monoisotopic (exact) mass is 294 g/mol. The van der Waals surface area contributed by atoms with E-state index in [1.807, 2.05) is 11.3 Å². The highest BCUT2D eigenvalue weighted by atomic mass is 32.1. The van der Waals surface area contributed by atoms with Gasteiger partial charge in [-0.15, -0.1) is 11.3 Å². The van der Waals surface area contributed by atoms with Gasteiger partial charge in [0.05, 0.1) is 6.04 Å². The second-order valence-corrected chi connectivity index (χ2v) is 8.56. The fraction of sp³-hybridized carbons (Fsp3) is 0.765. The molecule has 3 atom stereocenters. The molecule has 0 aromatic carbocycles. The zero-order valence-electron chi connectivity index (χ0n) is 13.6. The van der Waals surface area contributed by atoms with Gasteiger partial charge in [-0.3, -0.25) is 4.90 Å². The molecule has 1 aromatic rings. The smallest absolute Gasteiger partial charge is 0.0564 e. The Kier molecular flexibility index (Phi) is 4.93. The highest BCUT2D eigenvalue weighted by molar-refractivity contribution is 7.12. The Morgan fingerprint density at radius 3 is 2.50 bits per heavy atom. The van der Waals surface area contributed by atoms with Gasteiger partial charge in [0, 0.05) is 22.8 Å². The molecule has 2 rings (SSSR count). The first-order chi connectivity index (χ1) is 9.32. The number of nitrogens with zero attached hydrogens (tertiary/aromatic N) is 1. The Labute approximate surface area is 128 Å². The second kappa shape index (κ2) is 6.17. The summed E-state index contributed by atoms with van der Waals surface area (Å²) in [5.41, 5.74) is 6.34. The van der Waals surface area contributed by atoms with Crippen LogP contribution < -0.4 is 5.73 Å². The fourth-order valence-corrected chi connectivity index (χ4v) is 4.17. The van der Waals surface area contributed by atoms with Gasteiger partial charge in [-0.25, -0.2) is 0 Å². The van der Waals surface area contributed by atoms with Gasteiger partial charge >= 0.3 is 0 Å². The van der Waals surface area contributed by atoms with Crippen molar-refractivity contribution in [1.29, 1.82) is 0 Å². The van der Waals surface area contributed by atoms with Gasteiger partial charge in [0.1, 0.15) is 0 Å². The van der Waals surface area contributed by atoms with Crippen molar-refractivity contribution in [2.24, 2.45) is 17.6 Å². The zero-order chi connectivity index (χ0) is 14.9. The minimum Gasteiger partial charge on any atom is -0.329 e. The van der Waals surface area contributed by atoms with Gasteiger partial charge in [0.25, 0.3) is 0 Å². The summed E-state index contributed by atoms with van der Waals surface area (Å²) in [6.07, 6.45) is 1.30. The van der Waals surface area contributed by atoms with Crippen LogP contribution in [0.3, 0.4) is 0 Å². The van der Waals surface area contributed by atoms with Gasteiger partial charge in [0.15, 0.2) is 0 Å². The maximum absolute atomic E-state index is 6.10. The van der Waals surface area contributed by atoms with E-state index in [0.717, 1.165) is 18.4 Å². The molecule has 1 fully saturated rings. The molecule has 0 spiro atoms. The highest BCUT2D eigenvalue weighted by Crippen LogP contribution is 2.36. The number of hydrogen-bond donors (Lipinski definition) is 1. The SMILES string of the molecule is CC1CCN(C(CN)c2ccc(C(C)(C)C)s2)CC1C. The Morgan fingerprint density at radius 1 is 1.30 bits per heavy atom. The summed E-state index contributed by atoms with van der Waals surface area (Å²) in [7, 11) is 0. The molecule has 2 nitrogen and oxygen atoms in total. The minimum absolute atomic E-state index is 0.242. The highest BCUT2D eigenvalue weighted by Gasteiger charge is 2.29. The van der Waals surface area contributed by atoms with Crippen LogP contribution in [-0.4, -0.2) is 24.5 Å². The zero-order valence-corrected chi connectivity index (χ0v) is 14.5. The van der Waals surface area contributed by atoms with Crippen molar-refractivity contribution in [1.82, 2.24) is 4.90 Å². The third kappa shape index (κ3) is 3.44. The lowest BCUT2D eigenvalue weighted by Gasteiger charge is -2.39. The van der Waals surface area contributed by atoms with E-state index in [4.69, 9.17) is 5.73 Å². The largest absolute Gasteiger partial charge is 0.329 e.